The fourth-order valence-electron chi connectivity index (χ4n) is 1.68. The molecule has 0 radical (unpaired) electrons. The van der Waals surface area contributed by atoms with Crippen LogP contribution in [0.2, 0.25) is 0 Å². The second-order valence-corrected chi connectivity index (χ2v) is 4.90. The van der Waals surface area contributed by atoms with E-state index in [2.05, 4.69) is 13.8 Å². The average molecular weight is 252 g/mol. The minimum absolute atomic E-state index is 0.0758. The summed E-state index contributed by atoms with van der Waals surface area (Å²) in [7, 11) is 0. The Labute approximate surface area is 108 Å². The van der Waals surface area contributed by atoms with E-state index in [0.717, 1.165) is 12.8 Å². The van der Waals surface area contributed by atoms with Gasteiger partial charge in [-0.2, -0.15) is 0 Å². The third kappa shape index (κ3) is 5.92. The molecule has 0 amide bonds. The van der Waals surface area contributed by atoms with E-state index >= 15 is 0 Å². The molecule has 0 atom stereocenters. The van der Waals surface area contributed by atoms with Gasteiger partial charge in [0.2, 0.25) is 0 Å². The maximum absolute atomic E-state index is 13.3. The molecular weight excluding hydrogens is 231 g/mol. The van der Waals surface area contributed by atoms with Gasteiger partial charge in [-0.25, -0.2) is 4.39 Å². The number of ether oxygens (including phenoxy) is 1. The summed E-state index contributed by atoms with van der Waals surface area (Å²) in [4.78, 5) is 11.6. The van der Waals surface area contributed by atoms with Crippen molar-refractivity contribution in [1.29, 1.82) is 0 Å². The largest absolute Gasteiger partial charge is 0.374 e. The van der Waals surface area contributed by atoms with Gasteiger partial charge in [0.05, 0.1) is 0 Å². The van der Waals surface area contributed by atoms with Crippen LogP contribution in [0.1, 0.15) is 32.3 Å². The zero-order valence-electron chi connectivity index (χ0n) is 11.1. The van der Waals surface area contributed by atoms with Gasteiger partial charge >= 0.3 is 0 Å². The van der Waals surface area contributed by atoms with Crippen LogP contribution in [0.4, 0.5) is 4.39 Å². The summed E-state index contributed by atoms with van der Waals surface area (Å²) in [5.41, 5.74) is 0.438. The lowest BCUT2D eigenvalue weighted by molar-refractivity contribution is -0.123. The number of ketones is 1. The molecule has 0 heterocycles. The molecular formula is C15H21FO2. The minimum atomic E-state index is -0.328. The third-order valence-electron chi connectivity index (χ3n) is 2.68. The Balaban J connectivity index is 2.20. The number of carbonyl (C=O) groups excluding carboxylic acids is 1. The van der Waals surface area contributed by atoms with Crippen molar-refractivity contribution in [2.75, 3.05) is 13.2 Å². The number of hydrogen-bond acceptors (Lipinski definition) is 2. The van der Waals surface area contributed by atoms with Gasteiger partial charge in [-0.3, -0.25) is 4.79 Å². The molecule has 1 aromatic rings. The van der Waals surface area contributed by atoms with Gasteiger partial charge in [-0.05, 0) is 30.4 Å². The van der Waals surface area contributed by atoms with E-state index in [1.54, 1.807) is 18.2 Å². The first-order chi connectivity index (χ1) is 8.59. The fourth-order valence-corrected chi connectivity index (χ4v) is 1.68. The van der Waals surface area contributed by atoms with Crippen molar-refractivity contribution in [1.82, 2.24) is 0 Å². The molecule has 0 spiro atoms. The second kappa shape index (κ2) is 7.98. The number of benzene rings is 1. The number of Topliss-reactive ketones (excluding diaryl/α,β-unsaturated/α-hetero) is 1. The molecule has 0 fully saturated rings. The molecule has 0 N–H and O–H groups in total. The highest BCUT2D eigenvalue weighted by Gasteiger charge is 2.07. The molecule has 1 aromatic carbocycles. The Morgan fingerprint density at radius 2 is 2.06 bits per heavy atom. The average Bonchev–Trinajstić information content (AvgIpc) is 2.31. The van der Waals surface area contributed by atoms with Crippen LogP contribution < -0.4 is 0 Å². The van der Waals surface area contributed by atoms with Crippen molar-refractivity contribution in [3.8, 4) is 0 Å². The lowest BCUT2D eigenvalue weighted by Gasteiger charge is -2.06. The first-order valence-corrected chi connectivity index (χ1v) is 6.42. The molecule has 0 saturated heterocycles. The molecule has 0 unspecified atom stereocenters. The van der Waals surface area contributed by atoms with Crippen LogP contribution in [-0.2, 0) is 16.0 Å². The number of rotatable bonds is 8. The van der Waals surface area contributed by atoms with Crippen molar-refractivity contribution in [2.45, 2.75) is 33.1 Å². The van der Waals surface area contributed by atoms with Crippen molar-refractivity contribution in [3.63, 3.8) is 0 Å². The lowest BCUT2D eigenvalue weighted by Crippen LogP contribution is -2.13. The molecule has 2 nitrogen and oxygen atoms in total. The number of carbonyl (C=O) groups is 1. The molecule has 0 aliphatic heterocycles. The highest BCUT2D eigenvalue weighted by Crippen LogP contribution is 2.08. The first kappa shape index (κ1) is 14.8. The molecule has 0 bridgehead atoms. The van der Waals surface area contributed by atoms with E-state index in [-0.39, 0.29) is 24.6 Å². The fraction of sp³-hybridized carbons (Fsp3) is 0.533. The van der Waals surface area contributed by atoms with E-state index in [4.69, 9.17) is 4.74 Å². The third-order valence-corrected chi connectivity index (χ3v) is 2.68. The number of hydrogen-bond donors (Lipinski definition) is 0. The van der Waals surface area contributed by atoms with Gasteiger partial charge in [0.15, 0.2) is 5.78 Å². The highest BCUT2D eigenvalue weighted by atomic mass is 19.1. The molecule has 1 rings (SSSR count). The van der Waals surface area contributed by atoms with Gasteiger partial charge in [0.25, 0.3) is 0 Å². The summed E-state index contributed by atoms with van der Waals surface area (Å²) >= 11 is 0. The van der Waals surface area contributed by atoms with Crippen LogP contribution in [0.5, 0.6) is 0 Å². The van der Waals surface area contributed by atoms with Gasteiger partial charge in [0.1, 0.15) is 12.4 Å². The van der Waals surface area contributed by atoms with E-state index in [1.165, 1.54) is 6.07 Å². The zero-order valence-corrected chi connectivity index (χ0v) is 11.1. The van der Waals surface area contributed by atoms with Gasteiger partial charge < -0.3 is 4.74 Å². The summed E-state index contributed by atoms with van der Waals surface area (Å²) in [6.07, 6.45) is 2.17. The molecule has 3 heteroatoms. The van der Waals surface area contributed by atoms with Crippen molar-refractivity contribution in [3.05, 3.63) is 35.6 Å². The van der Waals surface area contributed by atoms with E-state index in [1.807, 2.05) is 0 Å². The summed E-state index contributed by atoms with van der Waals surface area (Å²) in [6, 6.07) is 6.35. The van der Waals surface area contributed by atoms with Gasteiger partial charge in [0, 0.05) is 13.0 Å². The normalized spacial score (nSPS) is 10.9. The Kier molecular flexibility index (Phi) is 6.58. The monoisotopic (exact) mass is 252 g/mol. The smallest absolute Gasteiger partial charge is 0.162 e. The van der Waals surface area contributed by atoms with E-state index in [9.17, 15) is 9.18 Å². The molecule has 0 aromatic heterocycles. The van der Waals surface area contributed by atoms with Crippen molar-refractivity contribution >= 4 is 5.78 Å². The second-order valence-electron chi connectivity index (χ2n) is 4.90. The van der Waals surface area contributed by atoms with Crippen molar-refractivity contribution < 1.29 is 13.9 Å². The maximum Gasteiger partial charge on any atom is 0.162 e. The van der Waals surface area contributed by atoms with Gasteiger partial charge in [-0.15, -0.1) is 0 Å². The molecule has 0 aliphatic carbocycles. The summed E-state index contributed by atoms with van der Waals surface area (Å²) < 4.78 is 18.6. The zero-order chi connectivity index (χ0) is 13.4. The van der Waals surface area contributed by atoms with Crippen LogP contribution >= 0.6 is 0 Å². The topological polar surface area (TPSA) is 26.3 Å². The van der Waals surface area contributed by atoms with Crippen LogP contribution in [0.25, 0.3) is 0 Å². The summed E-state index contributed by atoms with van der Waals surface area (Å²) in [5.74, 6) is 0.248. The Morgan fingerprint density at radius 3 is 2.72 bits per heavy atom. The Hall–Kier alpha value is -1.22. The number of halogens is 1. The van der Waals surface area contributed by atoms with Crippen LogP contribution in [-0.4, -0.2) is 19.0 Å². The predicted molar refractivity (Wildman–Crippen MR) is 70.0 cm³/mol. The summed E-state index contributed by atoms with van der Waals surface area (Å²) in [5, 5.41) is 0. The predicted octanol–water partition coefficient (Wildman–Crippen LogP) is 3.39. The van der Waals surface area contributed by atoms with E-state index in [0.29, 0.717) is 18.1 Å². The van der Waals surface area contributed by atoms with Crippen LogP contribution in [0.3, 0.4) is 0 Å². The Bertz CT molecular complexity index is 375. The first-order valence-electron chi connectivity index (χ1n) is 6.42. The van der Waals surface area contributed by atoms with Crippen molar-refractivity contribution in [2.24, 2.45) is 5.92 Å². The Morgan fingerprint density at radius 1 is 1.33 bits per heavy atom. The van der Waals surface area contributed by atoms with Crippen LogP contribution in [0, 0.1) is 11.7 Å². The minimum Gasteiger partial charge on any atom is -0.374 e. The SMILES string of the molecule is CC(C)CCCOCC(=O)Cc1ccccc1F. The molecule has 0 saturated carbocycles. The van der Waals surface area contributed by atoms with E-state index < -0.39 is 0 Å². The quantitative estimate of drug-likeness (QED) is 0.663. The van der Waals surface area contributed by atoms with Gasteiger partial charge in [-0.1, -0.05) is 32.0 Å². The molecule has 18 heavy (non-hydrogen) atoms. The van der Waals surface area contributed by atoms with Crippen LogP contribution in [0.15, 0.2) is 24.3 Å². The highest BCUT2D eigenvalue weighted by molar-refractivity contribution is 5.82. The maximum atomic E-state index is 13.3. The molecule has 0 aliphatic rings. The standard InChI is InChI=1S/C15H21FO2/c1-12(2)6-5-9-18-11-14(17)10-13-7-3-4-8-15(13)16/h3-4,7-8,12H,5-6,9-11H2,1-2H3. The summed E-state index contributed by atoms with van der Waals surface area (Å²) in [6.45, 7) is 4.99. The lowest BCUT2D eigenvalue weighted by atomic mass is 10.1. The molecule has 100 valence electrons.